The predicted molar refractivity (Wildman–Crippen MR) is 257 cm³/mol. The summed E-state index contributed by atoms with van der Waals surface area (Å²) in [6.07, 6.45) is -0.429. The summed E-state index contributed by atoms with van der Waals surface area (Å²) in [5, 5.41) is 32.3. The van der Waals surface area contributed by atoms with Crippen molar-refractivity contribution < 1.29 is 79.2 Å². The maximum Gasteiger partial charge on any atom is 0.425 e. The molecule has 0 aliphatic heterocycles. The number of aryl methyl sites for hydroxylation is 1. The van der Waals surface area contributed by atoms with Crippen LogP contribution in [0.2, 0.25) is 10.6 Å². The first kappa shape index (κ1) is 59.7. The number of nitrogens with zero attached hydrogens (tertiary/aromatic N) is 10. The van der Waals surface area contributed by atoms with Crippen molar-refractivity contribution in [1.29, 1.82) is 0 Å². The summed E-state index contributed by atoms with van der Waals surface area (Å²) in [5.41, 5.74) is 12.0. The molecule has 0 aliphatic rings. The first-order valence-corrected chi connectivity index (χ1v) is 26.2. The highest BCUT2D eigenvalue weighted by Crippen LogP contribution is 2.46. The Balaban J connectivity index is 0.00000235. The minimum Gasteiger partial charge on any atom is -0.505 e. The quantitative estimate of drug-likeness (QED) is 0.0354. The fraction of sp³-hybridized carbons (Fsp3) is 0.0909. The number of fused-ring (bicyclic) bond motifs is 1. The van der Waals surface area contributed by atoms with Crippen LogP contribution in [0.3, 0.4) is 0 Å². The molecule has 0 saturated carbocycles. The van der Waals surface area contributed by atoms with Crippen molar-refractivity contribution in [2.45, 2.75) is 32.9 Å². The van der Waals surface area contributed by atoms with E-state index in [4.69, 9.17) is 53.0 Å². The van der Waals surface area contributed by atoms with E-state index in [2.05, 4.69) is 66.3 Å². The molecule has 42 heteroatoms. The molecule has 0 aliphatic carbocycles. The molecular formula is C33H31Cl2N17O18S5. The van der Waals surface area contributed by atoms with Crippen LogP contribution in [0, 0.1) is 6.92 Å². The Morgan fingerprint density at radius 1 is 0.627 bits per heavy atom. The third kappa shape index (κ3) is 15.6. The second-order valence-corrected chi connectivity index (χ2v) is 20.6. The molecule has 0 spiro atoms. The van der Waals surface area contributed by atoms with Crippen molar-refractivity contribution in [2.75, 3.05) is 28.2 Å². The number of aromatic nitrogens is 6. The molecule has 2 heterocycles. The number of halogens is 2. The van der Waals surface area contributed by atoms with E-state index in [1.165, 1.54) is 6.92 Å². The lowest BCUT2D eigenvalue weighted by Crippen LogP contribution is -2.23. The van der Waals surface area contributed by atoms with E-state index in [1.54, 1.807) is 0 Å². The molecule has 75 heavy (non-hydrogen) atoms. The van der Waals surface area contributed by atoms with Gasteiger partial charge in [-0.2, -0.15) is 58.6 Å². The molecule has 0 saturated heterocycles. The number of hydrogen-bond donors (Lipinski definition) is 12. The van der Waals surface area contributed by atoms with Gasteiger partial charge in [0.1, 0.15) is 48.2 Å². The van der Waals surface area contributed by atoms with Crippen molar-refractivity contribution >= 4 is 155 Å². The minimum absolute atomic E-state index is 0. The van der Waals surface area contributed by atoms with E-state index in [-0.39, 0.29) is 45.9 Å². The van der Waals surface area contributed by atoms with Gasteiger partial charge in [0.05, 0.1) is 29.7 Å². The van der Waals surface area contributed by atoms with Crippen molar-refractivity contribution in [1.82, 2.24) is 36.1 Å². The number of carbonyl (C=O) groups excluding carboxylic acids is 2. The van der Waals surface area contributed by atoms with Crippen molar-refractivity contribution in [3.63, 3.8) is 0 Å². The zero-order chi connectivity index (χ0) is 55.4. The standard InChI is InChI=1S/C33H28Cl2N16O15S4.H3N.O3S/c1-11-4-18(67(55,56)57)16(6-14(11)40-32-43-24(9-22(36)52)42-29(34)45-32)49-48-13-3-2-12-5-21(70(64,65)66)27(26(38)25(12)28(13)54)51-50-17-7-15(19(68(58,59)60)8-20(17)69(61,62)63)41-33-46-30(35)44-31(47-33)39-10-23(37)53;;1-4(2)3/h2-8,54H,9-10,38H2,1H3,(H2,36,52)(H2,37,53)(H,55,56,57)(H,58,59,60)(H,61,62,63)(H,64,65,66)(H,40,42,43,45)(H2,39,41,44,46,47);1H3;. The zero-order valence-electron chi connectivity index (χ0n) is 36.7. The molecule has 0 bridgehead atoms. The number of nitrogens with two attached hydrogens (primary N) is 3. The normalized spacial score (nSPS) is 11.9. The average Bonchev–Trinajstić information content (AvgIpc) is 3.23. The number of rotatable bonds is 17. The maximum atomic E-state index is 12.7. The number of phenolic OH excluding ortho intramolecular Hbond substituents is 1. The number of aromatic hydroxyl groups is 1. The van der Waals surface area contributed by atoms with Gasteiger partial charge in [-0.3, -0.25) is 27.8 Å². The van der Waals surface area contributed by atoms with Gasteiger partial charge in [-0.05, 0) is 77.5 Å². The summed E-state index contributed by atoms with van der Waals surface area (Å²) in [5.74, 6) is -3.97. The monoisotopic (exact) mass is 1180 g/mol. The van der Waals surface area contributed by atoms with Gasteiger partial charge in [-0.1, -0.05) is 6.07 Å². The van der Waals surface area contributed by atoms with Gasteiger partial charge in [0.2, 0.25) is 40.2 Å². The van der Waals surface area contributed by atoms with E-state index in [0.29, 0.717) is 6.07 Å². The molecule has 0 atom stereocenters. The highest BCUT2D eigenvalue weighted by atomic mass is 35.5. The van der Waals surface area contributed by atoms with E-state index in [1.807, 2.05) is 0 Å². The summed E-state index contributed by atoms with van der Waals surface area (Å²) in [6.45, 7) is 0.885. The lowest BCUT2D eigenvalue weighted by atomic mass is 10.1. The molecule has 0 radical (unpaired) electrons. The van der Waals surface area contributed by atoms with Gasteiger partial charge in [-0.25, -0.2) is 4.98 Å². The molecule has 35 nitrogen and oxygen atoms in total. The number of primary amides is 2. The second kappa shape index (κ2) is 23.1. The number of anilines is 6. The fourth-order valence-electron chi connectivity index (χ4n) is 5.86. The molecular weight excluding hydrogens is 1150 g/mol. The second-order valence-electron chi connectivity index (χ2n) is 13.9. The van der Waals surface area contributed by atoms with Crippen molar-refractivity contribution in [3.05, 3.63) is 64.4 Å². The largest absolute Gasteiger partial charge is 0.505 e. The number of amides is 2. The molecule has 0 fully saturated rings. The van der Waals surface area contributed by atoms with Gasteiger partial charge in [-0.15, -0.1) is 33.1 Å². The SMILES string of the molecule is Cc1cc(S(=O)(=O)O)c(N=Nc2ccc3cc(S(=O)(=O)O)c(N=Nc4cc(Nc5nc(Cl)nc(NCC(N)=O)n5)c(S(=O)(=O)O)cc4S(=O)(=O)O)c(N)c3c2O)cc1Nc1nc(Cl)nc(CC(N)=O)n1.N.O=S(=O)=O. The van der Waals surface area contributed by atoms with Gasteiger partial charge in [0, 0.05) is 5.69 Å². The van der Waals surface area contributed by atoms with Crippen LogP contribution in [0.15, 0.2) is 82.5 Å². The van der Waals surface area contributed by atoms with Crippen LogP contribution >= 0.6 is 23.2 Å². The summed E-state index contributed by atoms with van der Waals surface area (Å²) >= 11 is 11.9. The number of hydrogen-bond acceptors (Lipinski definition) is 29. The minimum atomic E-state index is -5.53. The van der Waals surface area contributed by atoms with Crippen molar-refractivity contribution in [2.24, 2.45) is 31.9 Å². The number of benzene rings is 4. The van der Waals surface area contributed by atoms with Crippen LogP contribution < -0.4 is 39.3 Å². The molecule has 4 aromatic carbocycles. The molecule has 400 valence electrons. The lowest BCUT2D eigenvalue weighted by Gasteiger charge is -2.14. The summed E-state index contributed by atoms with van der Waals surface area (Å²) in [4.78, 5) is 41.1. The van der Waals surface area contributed by atoms with Crippen LogP contribution in [0.25, 0.3) is 10.8 Å². The Bertz CT molecular complexity index is 3990. The number of nitrogens with one attached hydrogen (secondary N) is 3. The molecule has 6 aromatic rings. The summed E-state index contributed by atoms with van der Waals surface area (Å²) < 4.78 is 166. The number of carbonyl (C=O) groups is 2. The van der Waals surface area contributed by atoms with E-state index in [9.17, 15) is 66.6 Å². The van der Waals surface area contributed by atoms with Crippen LogP contribution in [0.4, 0.5) is 57.7 Å². The van der Waals surface area contributed by atoms with Crippen molar-refractivity contribution in [3.8, 4) is 5.75 Å². The van der Waals surface area contributed by atoms with Crippen LogP contribution in [-0.2, 0) is 67.1 Å². The highest BCUT2D eigenvalue weighted by molar-refractivity contribution is 7.87. The van der Waals surface area contributed by atoms with Crippen LogP contribution in [0.5, 0.6) is 5.75 Å². The Morgan fingerprint density at radius 3 is 1.65 bits per heavy atom. The summed E-state index contributed by atoms with van der Waals surface area (Å²) in [7, 11) is -24.5. The van der Waals surface area contributed by atoms with Gasteiger partial charge >= 0.3 is 10.6 Å². The zero-order valence-corrected chi connectivity index (χ0v) is 42.3. The third-order valence-electron chi connectivity index (χ3n) is 8.74. The number of phenols is 1. The lowest BCUT2D eigenvalue weighted by molar-refractivity contribution is -0.117. The molecule has 17 N–H and O–H groups in total. The smallest absolute Gasteiger partial charge is 0.425 e. The number of azo groups is 2. The molecule has 2 aromatic heterocycles. The molecule has 6 rings (SSSR count). The highest BCUT2D eigenvalue weighted by Gasteiger charge is 2.28. The van der Waals surface area contributed by atoms with E-state index in [0.717, 1.165) is 30.3 Å². The Morgan fingerprint density at radius 2 is 1.11 bits per heavy atom. The van der Waals surface area contributed by atoms with Gasteiger partial charge < -0.3 is 44.4 Å². The van der Waals surface area contributed by atoms with Crippen LogP contribution in [0.1, 0.15) is 11.4 Å². The molecule has 0 unspecified atom stereocenters. The average molecular weight is 1180 g/mol. The van der Waals surface area contributed by atoms with Crippen LogP contribution in [-0.4, -0.2) is 118 Å². The summed E-state index contributed by atoms with van der Waals surface area (Å²) in [6, 6.07) is 5.60. The third-order valence-corrected chi connectivity index (χ3v) is 12.6. The topological polar surface area (TPSA) is 599 Å². The number of nitrogen functional groups attached to an aromatic ring is 1. The Hall–Kier alpha value is -7.90. The fourth-order valence-corrected chi connectivity index (χ4v) is 8.92. The Kier molecular flexibility index (Phi) is 18.4. The first-order chi connectivity index (χ1) is 34.1. The van der Waals surface area contributed by atoms with E-state index < -0.39 is 158 Å². The Labute approximate surface area is 430 Å². The molecule has 2 amide bonds. The maximum absolute atomic E-state index is 12.7. The predicted octanol–water partition coefficient (Wildman–Crippen LogP) is 2.50. The van der Waals surface area contributed by atoms with Gasteiger partial charge in [0.25, 0.3) is 40.5 Å². The first-order valence-electron chi connectivity index (χ1n) is 18.7. The van der Waals surface area contributed by atoms with Gasteiger partial charge in [0.15, 0.2) is 5.75 Å². The van der Waals surface area contributed by atoms with E-state index >= 15 is 0 Å².